The fourth-order valence-electron chi connectivity index (χ4n) is 1.08. The number of nitrogen functional groups attached to an aromatic ring is 1. The molecule has 0 aliphatic rings. The minimum absolute atomic E-state index is 0. The van der Waals surface area contributed by atoms with Gasteiger partial charge >= 0.3 is 58.4 Å². The summed E-state index contributed by atoms with van der Waals surface area (Å²) in [6.45, 7) is -4.80. The summed E-state index contributed by atoms with van der Waals surface area (Å²) in [5.74, 6) is 0. The predicted octanol–water partition coefficient (Wildman–Crippen LogP) is -0.509. The van der Waals surface area contributed by atoms with Crippen molar-refractivity contribution in [3.8, 4) is 0 Å². The molecule has 1 nitrogen and oxygen atoms in total. The van der Waals surface area contributed by atoms with Crippen molar-refractivity contribution in [2.24, 2.45) is 0 Å². The summed E-state index contributed by atoms with van der Waals surface area (Å²) in [5, 5.41) is 0. The summed E-state index contributed by atoms with van der Waals surface area (Å²) in [6, 6.07) is 4.19. The fourth-order valence-corrected chi connectivity index (χ4v) is 1.40. The maximum absolute atomic E-state index is 12.0. The molecular weight excluding hydrogens is 237 g/mol. The SMILES string of the molecule is Nc1cc(S)cc(C[B-](F)(F)F)c1.[K+]. The van der Waals surface area contributed by atoms with Gasteiger partial charge in [-0.1, -0.05) is 11.9 Å². The summed E-state index contributed by atoms with van der Waals surface area (Å²) in [4.78, 5) is 0.454. The third kappa shape index (κ3) is 5.67. The van der Waals surface area contributed by atoms with E-state index in [1.54, 1.807) is 0 Å². The summed E-state index contributed by atoms with van der Waals surface area (Å²) in [7, 11) is 0. The summed E-state index contributed by atoms with van der Waals surface area (Å²) in [5.41, 5.74) is 5.84. The van der Waals surface area contributed by atoms with Gasteiger partial charge < -0.3 is 18.7 Å². The molecule has 1 aromatic carbocycles. The molecule has 1 aromatic rings. The molecule has 0 bridgehead atoms. The van der Waals surface area contributed by atoms with E-state index in [1.807, 2.05) is 0 Å². The Balaban J connectivity index is 0.00000169. The number of hydrogen-bond acceptors (Lipinski definition) is 2. The van der Waals surface area contributed by atoms with E-state index in [1.165, 1.54) is 18.2 Å². The van der Waals surface area contributed by atoms with Crippen molar-refractivity contribution in [1.82, 2.24) is 0 Å². The first-order valence-electron chi connectivity index (χ1n) is 3.66. The average molecular weight is 245 g/mol. The quantitative estimate of drug-likeness (QED) is 0.410. The monoisotopic (exact) mass is 245 g/mol. The number of hydrogen-bond donors (Lipinski definition) is 2. The molecule has 0 unspecified atom stereocenters. The van der Waals surface area contributed by atoms with E-state index in [-0.39, 0.29) is 56.9 Å². The van der Waals surface area contributed by atoms with Gasteiger partial charge in [0.2, 0.25) is 0 Å². The maximum atomic E-state index is 12.0. The molecule has 72 valence electrons. The van der Waals surface area contributed by atoms with Crippen LogP contribution in [0.2, 0.25) is 0 Å². The minimum Gasteiger partial charge on any atom is -0.449 e. The first-order valence-corrected chi connectivity index (χ1v) is 4.11. The minimum atomic E-state index is -4.80. The molecule has 0 aromatic heterocycles. The molecule has 0 amide bonds. The van der Waals surface area contributed by atoms with E-state index in [0.29, 0.717) is 10.6 Å². The van der Waals surface area contributed by atoms with Crippen molar-refractivity contribution >= 4 is 25.3 Å². The fraction of sp³-hybridized carbons (Fsp3) is 0.143. The van der Waals surface area contributed by atoms with Gasteiger partial charge in [-0.2, -0.15) is 0 Å². The summed E-state index contributed by atoms with van der Waals surface area (Å²) >= 11 is 3.93. The maximum Gasteiger partial charge on any atom is 1.00 e. The van der Waals surface area contributed by atoms with Gasteiger partial charge in [-0.25, -0.2) is 0 Å². The van der Waals surface area contributed by atoms with Gasteiger partial charge in [-0.05, 0) is 18.2 Å². The standard InChI is InChI=1S/C7H8BF3NS.K/c9-8(10,11)4-5-1-6(12)3-7(13)2-5;/h1-3,13H,4,12H2;/q-1;+1. The zero-order chi connectivity index (χ0) is 10.1. The van der Waals surface area contributed by atoms with E-state index in [2.05, 4.69) is 12.6 Å². The van der Waals surface area contributed by atoms with Gasteiger partial charge in [-0.15, -0.1) is 12.6 Å². The number of halogens is 3. The van der Waals surface area contributed by atoms with Crippen LogP contribution in [-0.2, 0) is 6.32 Å². The van der Waals surface area contributed by atoms with Gasteiger partial charge in [0, 0.05) is 10.6 Å². The van der Waals surface area contributed by atoms with Crippen LogP contribution in [0.25, 0.3) is 0 Å². The van der Waals surface area contributed by atoms with Crippen LogP contribution in [0.1, 0.15) is 5.56 Å². The Labute approximate surface area is 129 Å². The molecule has 0 radical (unpaired) electrons. The van der Waals surface area contributed by atoms with Gasteiger partial charge in [0.1, 0.15) is 0 Å². The number of nitrogens with two attached hydrogens (primary N) is 1. The average Bonchev–Trinajstić information content (AvgIpc) is 1.78. The number of benzene rings is 1. The molecule has 7 heteroatoms. The van der Waals surface area contributed by atoms with Crippen molar-refractivity contribution < 1.29 is 64.3 Å². The van der Waals surface area contributed by atoms with Crippen LogP contribution < -0.4 is 57.1 Å². The first kappa shape index (κ1) is 14.9. The van der Waals surface area contributed by atoms with Crippen LogP contribution in [-0.4, -0.2) is 6.98 Å². The Morgan fingerprint density at radius 1 is 1.21 bits per heavy atom. The van der Waals surface area contributed by atoms with Crippen LogP contribution in [0.15, 0.2) is 23.1 Å². The van der Waals surface area contributed by atoms with Gasteiger partial charge in [0.25, 0.3) is 0 Å². The molecule has 0 saturated heterocycles. The van der Waals surface area contributed by atoms with Crippen LogP contribution in [0, 0.1) is 0 Å². The van der Waals surface area contributed by atoms with Crippen molar-refractivity contribution in [3.63, 3.8) is 0 Å². The molecule has 0 aliphatic heterocycles. The zero-order valence-electron chi connectivity index (χ0n) is 7.67. The van der Waals surface area contributed by atoms with E-state index in [0.717, 1.165) is 0 Å². The second kappa shape index (κ2) is 5.81. The van der Waals surface area contributed by atoms with Crippen molar-refractivity contribution in [2.75, 3.05) is 5.73 Å². The molecule has 2 N–H and O–H groups in total. The molecule has 0 atom stereocenters. The van der Waals surface area contributed by atoms with E-state index in [9.17, 15) is 12.9 Å². The van der Waals surface area contributed by atoms with Crippen LogP contribution in [0.3, 0.4) is 0 Å². The molecule has 1 rings (SSSR count). The number of rotatable bonds is 2. The summed E-state index contributed by atoms with van der Waals surface area (Å²) < 4.78 is 36.0. The second-order valence-corrected chi connectivity index (χ2v) is 3.36. The molecule has 0 heterocycles. The van der Waals surface area contributed by atoms with E-state index < -0.39 is 13.3 Å². The Kier molecular flexibility index (Phi) is 6.17. The third-order valence-corrected chi connectivity index (χ3v) is 1.73. The molecule has 14 heavy (non-hydrogen) atoms. The van der Waals surface area contributed by atoms with Gasteiger partial charge in [0.15, 0.2) is 0 Å². The third-order valence-electron chi connectivity index (χ3n) is 1.47. The summed E-state index contributed by atoms with van der Waals surface area (Å²) in [6.07, 6.45) is -0.904. The molecule has 0 saturated carbocycles. The number of anilines is 1. The molecule has 0 aliphatic carbocycles. The predicted molar refractivity (Wildman–Crippen MR) is 50.9 cm³/mol. The van der Waals surface area contributed by atoms with Gasteiger partial charge in [-0.3, -0.25) is 0 Å². The smallest absolute Gasteiger partial charge is 0.449 e. The Morgan fingerprint density at radius 3 is 2.21 bits per heavy atom. The first-order chi connectivity index (χ1) is 5.87. The second-order valence-electron chi connectivity index (χ2n) is 2.85. The van der Waals surface area contributed by atoms with E-state index >= 15 is 0 Å². The van der Waals surface area contributed by atoms with Crippen molar-refractivity contribution in [2.45, 2.75) is 11.2 Å². The van der Waals surface area contributed by atoms with Crippen LogP contribution >= 0.6 is 12.6 Å². The van der Waals surface area contributed by atoms with Crippen molar-refractivity contribution in [1.29, 1.82) is 0 Å². The Bertz CT molecular complexity index is 298. The largest absolute Gasteiger partial charge is 1.00 e. The molecular formula is C7H8BF3KNS. The van der Waals surface area contributed by atoms with Crippen LogP contribution in [0.5, 0.6) is 0 Å². The Hall–Kier alpha value is 0.861. The zero-order valence-corrected chi connectivity index (χ0v) is 11.7. The number of thiol groups is 1. The van der Waals surface area contributed by atoms with Crippen molar-refractivity contribution in [3.05, 3.63) is 23.8 Å². The molecule has 0 fully saturated rings. The molecule has 0 spiro atoms. The van der Waals surface area contributed by atoms with Crippen LogP contribution in [0.4, 0.5) is 18.6 Å². The topological polar surface area (TPSA) is 26.0 Å². The Morgan fingerprint density at radius 2 is 1.79 bits per heavy atom. The van der Waals surface area contributed by atoms with E-state index in [4.69, 9.17) is 5.73 Å². The normalized spacial score (nSPS) is 10.9. The van der Waals surface area contributed by atoms with Gasteiger partial charge in [0.05, 0.1) is 0 Å².